The van der Waals surface area contributed by atoms with Gasteiger partial charge in [0.25, 0.3) is 0 Å². The first-order valence-electron chi connectivity index (χ1n) is 9.55. The van der Waals surface area contributed by atoms with E-state index in [0.29, 0.717) is 49.8 Å². The summed E-state index contributed by atoms with van der Waals surface area (Å²) in [5, 5.41) is 8.83. The van der Waals surface area contributed by atoms with Gasteiger partial charge in [-0.15, -0.1) is 0 Å². The van der Waals surface area contributed by atoms with Crippen molar-refractivity contribution in [1.29, 1.82) is 0 Å². The summed E-state index contributed by atoms with van der Waals surface area (Å²) in [6.45, 7) is -0.556. The minimum absolute atomic E-state index is 0. The van der Waals surface area contributed by atoms with Crippen LogP contribution in [-0.4, -0.2) is 61.6 Å². The van der Waals surface area contributed by atoms with Gasteiger partial charge >= 0.3 is 29.6 Å². The molecule has 0 atom stereocenters. The summed E-state index contributed by atoms with van der Waals surface area (Å²) >= 11 is 17.2. The van der Waals surface area contributed by atoms with Gasteiger partial charge in [-0.05, 0) is 18.6 Å². The third-order valence-electron chi connectivity index (χ3n) is 3.60. The molecule has 4 aromatic heterocycles. The van der Waals surface area contributed by atoms with Gasteiger partial charge in [0.2, 0.25) is 5.88 Å². The number of rotatable bonds is 6. The molecule has 0 spiro atoms. The zero-order valence-corrected chi connectivity index (χ0v) is 22.4. The van der Waals surface area contributed by atoms with Crippen molar-refractivity contribution in [2.24, 2.45) is 0 Å². The van der Waals surface area contributed by atoms with Crippen molar-refractivity contribution < 1.29 is 49.6 Å². The molecule has 34 heavy (non-hydrogen) atoms. The third-order valence-corrected chi connectivity index (χ3v) is 4.33. The van der Waals surface area contributed by atoms with Crippen molar-refractivity contribution in [3.05, 3.63) is 52.4 Å². The predicted molar refractivity (Wildman–Crippen MR) is 125 cm³/mol. The molecule has 14 heteroatoms. The molecule has 0 fully saturated rings. The van der Waals surface area contributed by atoms with Gasteiger partial charge in [0.05, 0.1) is 43.4 Å². The standard InChI is InChI=1S/C10H9ClFN3O.C7H3Cl2N3.C3H7FO.Na.H/c11-10-9-7(2-4-13-10)15-8(6-14-9)16-5-1-3-12;8-5-3-11-6-4(12-5)1-2-10-7(6)9;4-2-1-3-5;;/h2,4,6H,1,3,5H2;1-3H;5H,1-3H2;;/q;;;+1;-1. The molecule has 4 aromatic rings. The minimum Gasteiger partial charge on any atom is -1.00 e. The van der Waals surface area contributed by atoms with E-state index in [1.54, 1.807) is 24.5 Å². The quantitative estimate of drug-likeness (QED) is 0.224. The average Bonchev–Trinajstić information content (AvgIpc) is 2.81. The molecule has 8 nitrogen and oxygen atoms in total. The molecule has 0 radical (unpaired) electrons. The molecule has 0 aliphatic rings. The van der Waals surface area contributed by atoms with Crippen LogP contribution in [0.4, 0.5) is 8.78 Å². The van der Waals surface area contributed by atoms with E-state index < -0.39 is 13.3 Å². The van der Waals surface area contributed by atoms with Gasteiger partial charge < -0.3 is 11.3 Å². The smallest absolute Gasteiger partial charge is 1.00 e. The second-order valence-corrected chi connectivity index (χ2v) is 7.10. The maximum atomic E-state index is 11.9. The first-order valence-corrected chi connectivity index (χ1v) is 10.7. The average molecular weight is 544 g/mol. The molecule has 0 amide bonds. The predicted octanol–water partition coefficient (Wildman–Crippen LogP) is 2.20. The SMILES string of the molecule is Clc1cnc2c(Cl)nccc2n1.FCCCOc1cnc2c(Cl)nccc2n1.OCCCF.[H-].[Na+]. The van der Waals surface area contributed by atoms with Gasteiger partial charge in [0, 0.05) is 25.4 Å². The number of fused-ring (bicyclic) bond motifs is 2. The van der Waals surface area contributed by atoms with Gasteiger partial charge in [-0.3, -0.25) is 8.78 Å². The minimum atomic E-state index is -0.406. The van der Waals surface area contributed by atoms with Crippen LogP contribution in [0.2, 0.25) is 15.5 Å². The summed E-state index contributed by atoms with van der Waals surface area (Å²) in [6.07, 6.45) is 6.63. The largest absolute Gasteiger partial charge is 1.00 e. The van der Waals surface area contributed by atoms with E-state index in [-0.39, 0.29) is 50.6 Å². The van der Waals surface area contributed by atoms with Gasteiger partial charge in [-0.1, -0.05) is 34.8 Å². The summed E-state index contributed by atoms with van der Waals surface area (Å²) in [4.78, 5) is 24.0. The maximum Gasteiger partial charge on any atom is 1.00 e. The Labute approximate surface area is 232 Å². The first kappa shape index (κ1) is 30.5. The monoisotopic (exact) mass is 542 g/mol. The normalized spacial score (nSPS) is 9.94. The van der Waals surface area contributed by atoms with Crippen LogP contribution in [0, 0.1) is 0 Å². The van der Waals surface area contributed by atoms with Crippen LogP contribution < -0.4 is 34.3 Å². The molecule has 1 N–H and O–H groups in total. The zero-order chi connectivity index (χ0) is 24.1. The Hall–Kier alpha value is -1.53. The van der Waals surface area contributed by atoms with Crippen molar-refractivity contribution >= 4 is 56.9 Å². The number of hydrogen-bond acceptors (Lipinski definition) is 8. The summed E-state index contributed by atoms with van der Waals surface area (Å²) in [6, 6.07) is 3.40. The number of nitrogens with zero attached hydrogens (tertiary/aromatic N) is 6. The topological polar surface area (TPSA) is 107 Å². The van der Waals surface area contributed by atoms with Crippen LogP contribution in [0.25, 0.3) is 22.1 Å². The number of ether oxygens (including phenoxy) is 1. The second-order valence-electron chi connectivity index (χ2n) is 6.00. The third kappa shape index (κ3) is 9.99. The van der Waals surface area contributed by atoms with Crippen LogP contribution in [-0.2, 0) is 0 Å². The summed E-state index contributed by atoms with van der Waals surface area (Å²) in [5.41, 5.74) is 2.37. The van der Waals surface area contributed by atoms with Crippen molar-refractivity contribution in [3.8, 4) is 5.88 Å². The van der Waals surface area contributed by atoms with Crippen molar-refractivity contribution in [3.63, 3.8) is 0 Å². The molecule has 0 aromatic carbocycles. The van der Waals surface area contributed by atoms with Crippen LogP contribution in [0.5, 0.6) is 5.88 Å². The Morgan fingerprint density at radius 1 is 0.824 bits per heavy atom. The molecular weight excluding hydrogens is 524 g/mol. The molecule has 0 aliphatic heterocycles. The van der Waals surface area contributed by atoms with E-state index in [1.165, 1.54) is 12.4 Å². The zero-order valence-electron chi connectivity index (χ0n) is 19.1. The van der Waals surface area contributed by atoms with Crippen LogP contribution in [0.15, 0.2) is 36.9 Å². The molecular formula is C20H20Cl3F2N6NaO2. The van der Waals surface area contributed by atoms with Crippen LogP contribution in [0.3, 0.4) is 0 Å². The Bertz CT molecular complexity index is 1170. The Morgan fingerprint density at radius 2 is 1.38 bits per heavy atom. The van der Waals surface area contributed by atoms with E-state index in [9.17, 15) is 8.78 Å². The summed E-state index contributed by atoms with van der Waals surface area (Å²) < 4.78 is 27.9. The molecule has 178 valence electrons. The van der Waals surface area contributed by atoms with Gasteiger partial charge in [0.1, 0.15) is 16.2 Å². The Morgan fingerprint density at radius 3 is 1.91 bits per heavy atom. The van der Waals surface area contributed by atoms with E-state index in [4.69, 9.17) is 44.6 Å². The van der Waals surface area contributed by atoms with E-state index in [2.05, 4.69) is 29.9 Å². The summed E-state index contributed by atoms with van der Waals surface area (Å²) in [5.74, 6) is 0.364. The number of halogens is 5. The molecule has 0 saturated carbocycles. The fourth-order valence-electron chi connectivity index (χ4n) is 2.15. The van der Waals surface area contributed by atoms with Gasteiger partial charge in [0.15, 0.2) is 10.3 Å². The number of alkyl halides is 2. The molecule has 0 unspecified atom stereocenters. The number of pyridine rings is 2. The fraction of sp³-hybridized carbons (Fsp3) is 0.300. The van der Waals surface area contributed by atoms with E-state index >= 15 is 0 Å². The second kappa shape index (κ2) is 17.0. The molecule has 0 saturated heterocycles. The molecule has 0 bridgehead atoms. The maximum absolute atomic E-state index is 11.9. The molecule has 4 rings (SSSR count). The summed E-state index contributed by atoms with van der Waals surface area (Å²) in [7, 11) is 0. The van der Waals surface area contributed by atoms with Crippen LogP contribution in [0.1, 0.15) is 14.3 Å². The van der Waals surface area contributed by atoms with E-state index in [1.807, 2.05) is 0 Å². The number of aliphatic hydroxyl groups is 1. The van der Waals surface area contributed by atoms with E-state index in [0.717, 1.165) is 0 Å². The fourth-order valence-corrected chi connectivity index (χ4v) is 2.69. The first-order chi connectivity index (χ1) is 16.0. The Kier molecular flexibility index (Phi) is 15.2. The van der Waals surface area contributed by atoms with Gasteiger partial charge in [-0.2, -0.15) is 0 Å². The Balaban J connectivity index is 0.000000542. The number of aliphatic hydroxyl groups excluding tert-OH is 1. The molecule has 4 heterocycles. The van der Waals surface area contributed by atoms with Gasteiger partial charge in [-0.25, -0.2) is 29.9 Å². The van der Waals surface area contributed by atoms with Crippen LogP contribution >= 0.6 is 34.8 Å². The number of aromatic nitrogens is 6. The van der Waals surface area contributed by atoms with Crippen molar-refractivity contribution in [2.45, 2.75) is 12.8 Å². The number of hydrogen-bond donors (Lipinski definition) is 1. The molecule has 0 aliphatic carbocycles. The van der Waals surface area contributed by atoms with Crippen molar-refractivity contribution in [2.75, 3.05) is 26.6 Å². The van der Waals surface area contributed by atoms with Crippen molar-refractivity contribution in [1.82, 2.24) is 29.9 Å².